The lowest BCUT2D eigenvalue weighted by Crippen LogP contribution is -2.57. The maximum absolute atomic E-state index is 13.6. The van der Waals surface area contributed by atoms with Crippen molar-refractivity contribution in [1.82, 2.24) is 20.7 Å². The van der Waals surface area contributed by atoms with Crippen LogP contribution in [0.5, 0.6) is 0 Å². The van der Waals surface area contributed by atoms with E-state index >= 15 is 0 Å². The van der Waals surface area contributed by atoms with Crippen molar-refractivity contribution in [3.05, 3.63) is 71.7 Å². The van der Waals surface area contributed by atoms with Gasteiger partial charge in [-0.15, -0.1) is 0 Å². The number of nitrogens with zero attached hydrogens (tertiary/aromatic N) is 1. The lowest BCUT2D eigenvalue weighted by Gasteiger charge is -2.26. The number of fused-ring (bicyclic) bond motifs is 1. The van der Waals surface area contributed by atoms with Crippen molar-refractivity contribution in [2.24, 2.45) is 11.7 Å². The van der Waals surface area contributed by atoms with E-state index < -0.39 is 47.4 Å². The van der Waals surface area contributed by atoms with Gasteiger partial charge in [-0.05, 0) is 49.1 Å². The minimum Gasteiger partial charge on any atom is -0.361 e. The molecule has 0 radical (unpaired) electrons. The van der Waals surface area contributed by atoms with Crippen molar-refractivity contribution in [2.45, 2.75) is 45.6 Å². The van der Waals surface area contributed by atoms with E-state index in [0.717, 1.165) is 10.9 Å². The molecular formula is C26H30FN5O4. The zero-order valence-corrected chi connectivity index (χ0v) is 20.4. The number of aromatic nitrogens is 1. The van der Waals surface area contributed by atoms with E-state index in [0.29, 0.717) is 22.4 Å². The summed E-state index contributed by atoms with van der Waals surface area (Å²) in [6.45, 7) is 4.83. The van der Waals surface area contributed by atoms with Gasteiger partial charge >= 0.3 is 6.03 Å². The number of nitrogens with one attached hydrogen (secondary N) is 3. The zero-order chi connectivity index (χ0) is 26.4. The van der Waals surface area contributed by atoms with Crippen molar-refractivity contribution in [3.63, 3.8) is 0 Å². The normalized spacial score (nSPS) is 13.5. The third-order valence-electron chi connectivity index (χ3n) is 6.02. The average molecular weight is 496 g/mol. The van der Waals surface area contributed by atoms with Gasteiger partial charge < -0.3 is 10.7 Å². The summed E-state index contributed by atoms with van der Waals surface area (Å²) in [6.07, 6.45) is 2.08. The Bertz CT molecular complexity index is 1270. The summed E-state index contributed by atoms with van der Waals surface area (Å²) in [6, 6.07) is 11.1. The predicted molar refractivity (Wildman–Crippen MR) is 133 cm³/mol. The highest BCUT2D eigenvalue weighted by atomic mass is 19.1. The SMILES string of the molecule is CCC(N)C(=O)NNC(=O)N(C(=O)C(C)Cc1cccc(F)c1)C(=O)C(C)c1c[nH]c2ccccc12. The molecule has 5 amide bonds. The Hall–Kier alpha value is -4.05. The fourth-order valence-corrected chi connectivity index (χ4v) is 3.86. The van der Waals surface area contributed by atoms with Gasteiger partial charge in [0.15, 0.2) is 0 Å². The molecule has 0 aliphatic rings. The Morgan fingerprint density at radius 1 is 1.03 bits per heavy atom. The van der Waals surface area contributed by atoms with Crippen molar-refractivity contribution < 1.29 is 23.6 Å². The number of carbonyl (C=O) groups excluding carboxylic acids is 4. The number of urea groups is 1. The Labute approximate surface area is 208 Å². The van der Waals surface area contributed by atoms with E-state index in [4.69, 9.17) is 5.73 Å². The van der Waals surface area contributed by atoms with Gasteiger partial charge in [-0.25, -0.2) is 14.6 Å². The van der Waals surface area contributed by atoms with Gasteiger partial charge in [0.05, 0.1) is 12.0 Å². The van der Waals surface area contributed by atoms with Crippen LogP contribution in [0.4, 0.5) is 9.18 Å². The molecule has 36 heavy (non-hydrogen) atoms. The van der Waals surface area contributed by atoms with Crippen molar-refractivity contribution in [3.8, 4) is 0 Å². The quantitative estimate of drug-likeness (QED) is 0.373. The zero-order valence-electron chi connectivity index (χ0n) is 20.4. The molecule has 5 N–H and O–H groups in total. The Morgan fingerprint density at radius 3 is 2.44 bits per heavy atom. The number of carbonyl (C=O) groups is 4. The number of H-pyrrole nitrogens is 1. The Morgan fingerprint density at radius 2 is 1.75 bits per heavy atom. The van der Waals surface area contributed by atoms with Crippen LogP contribution in [0.15, 0.2) is 54.7 Å². The molecule has 9 nitrogen and oxygen atoms in total. The molecular weight excluding hydrogens is 465 g/mol. The molecule has 3 rings (SSSR count). The fraction of sp³-hybridized carbons (Fsp3) is 0.308. The maximum atomic E-state index is 13.6. The first kappa shape index (κ1) is 26.6. The van der Waals surface area contributed by atoms with Gasteiger partial charge in [-0.3, -0.25) is 19.8 Å². The maximum Gasteiger partial charge on any atom is 0.349 e. The lowest BCUT2D eigenvalue weighted by atomic mass is 9.96. The summed E-state index contributed by atoms with van der Waals surface area (Å²) < 4.78 is 13.6. The summed E-state index contributed by atoms with van der Waals surface area (Å²) in [5.41, 5.74) is 11.9. The number of hydrazine groups is 1. The number of nitrogens with two attached hydrogens (primary N) is 1. The van der Waals surface area contributed by atoms with Crippen LogP contribution in [0, 0.1) is 11.7 Å². The molecule has 3 atom stereocenters. The molecule has 0 aliphatic carbocycles. The number of hydrogen-bond donors (Lipinski definition) is 4. The lowest BCUT2D eigenvalue weighted by molar-refractivity contribution is -0.144. The van der Waals surface area contributed by atoms with Crippen LogP contribution in [0.3, 0.4) is 0 Å². The third kappa shape index (κ3) is 5.95. The third-order valence-corrected chi connectivity index (χ3v) is 6.02. The molecule has 0 saturated carbocycles. The molecule has 2 aromatic carbocycles. The number of benzene rings is 2. The highest BCUT2D eigenvalue weighted by Gasteiger charge is 2.36. The highest BCUT2D eigenvalue weighted by molar-refractivity contribution is 6.13. The molecule has 3 aromatic rings. The summed E-state index contributed by atoms with van der Waals surface area (Å²) in [5.74, 6) is -4.40. The van der Waals surface area contributed by atoms with Crippen LogP contribution in [-0.4, -0.2) is 39.7 Å². The van der Waals surface area contributed by atoms with Gasteiger partial charge in [-0.2, -0.15) is 4.90 Å². The second kappa shape index (κ2) is 11.6. The monoisotopic (exact) mass is 495 g/mol. The van der Waals surface area contributed by atoms with Crippen LogP contribution in [0.1, 0.15) is 44.2 Å². The van der Waals surface area contributed by atoms with E-state index in [2.05, 4.69) is 15.8 Å². The van der Waals surface area contributed by atoms with Gasteiger partial charge in [0.1, 0.15) is 5.82 Å². The van der Waals surface area contributed by atoms with E-state index in [-0.39, 0.29) is 6.42 Å². The number of amides is 5. The number of para-hydroxylation sites is 1. The largest absolute Gasteiger partial charge is 0.361 e. The van der Waals surface area contributed by atoms with Crippen LogP contribution >= 0.6 is 0 Å². The van der Waals surface area contributed by atoms with Gasteiger partial charge in [0.25, 0.3) is 5.91 Å². The predicted octanol–water partition coefficient (Wildman–Crippen LogP) is 3.12. The topological polar surface area (TPSA) is 137 Å². The summed E-state index contributed by atoms with van der Waals surface area (Å²) >= 11 is 0. The minimum atomic E-state index is -1.11. The summed E-state index contributed by atoms with van der Waals surface area (Å²) in [5, 5.41) is 0.779. The van der Waals surface area contributed by atoms with Gasteiger partial charge in [0.2, 0.25) is 11.8 Å². The van der Waals surface area contributed by atoms with E-state index in [1.807, 2.05) is 24.3 Å². The second-order valence-corrected chi connectivity index (χ2v) is 8.69. The molecule has 0 fully saturated rings. The molecule has 3 unspecified atom stereocenters. The van der Waals surface area contributed by atoms with E-state index in [1.165, 1.54) is 18.2 Å². The Kier molecular flexibility index (Phi) is 8.55. The van der Waals surface area contributed by atoms with Gasteiger partial charge in [-0.1, -0.05) is 44.2 Å². The molecule has 0 aliphatic heterocycles. The number of halogens is 1. The highest BCUT2D eigenvalue weighted by Crippen LogP contribution is 2.27. The first-order chi connectivity index (χ1) is 17.1. The second-order valence-electron chi connectivity index (χ2n) is 8.69. The molecule has 1 heterocycles. The van der Waals surface area contributed by atoms with Crippen LogP contribution in [-0.2, 0) is 20.8 Å². The smallest absolute Gasteiger partial charge is 0.349 e. The van der Waals surface area contributed by atoms with E-state index in [9.17, 15) is 23.6 Å². The molecule has 0 saturated heterocycles. The summed E-state index contributed by atoms with van der Waals surface area (Å²) in [7, 11) is 0. The standard InChI is InChI=1S/C26H30FN5O4/c1-4-21(28)23(33)30-31-26(36)32(24(34)15(2)12-17-8-7-9-18(27)13-17)25(35)16(3)20-14-29-22-11-6-5-10-19(20)22/h5-11,13-16,21,29H,4,12,28H2,1-3H3,(H,30,33)(H,31,36). The summed E-state index contributed by atoms with van der Waals surface area (Å²) in [4.78, 5) is 55.6. The molecule has 0 spiro atoms. The van der Waals surface area contributed by atoms with Crippen molar-refractivity contribution in [1.29, 1.82) is 0 Å². The molecule has 0 bridgehead atoms. The number of hydrogen-bond acceptors (Lipinski definition) is 5. The molecule has 10 heteroatoms. The van der Waals surface area contributed by atoms with Crippen LogP contribution in [0.25, 0.3) is 10.9 Å². The van der Waals surface area contributed by atoms with Crippen LogP contribution in [0.2, 0.25) is 0 Å². The number of imide groups is 3. The number of aromatic amines is 1. The van der Waals surface area contributed by atoms with Crippen molar-refractivity contribution >= 4 is 34.7 Å². The minimum absolute atomic E-state index is 0.0994. The van der Waals surface area contributed by atoms with Crippen molar-refractivity contribution in [2.75, 3.05) is 0 Å². The van der Waals surface area contributed by atoms with Crippen LogP contribution < -0.4 is 16.6 Å². The first-order valence-electron chi connectivity index (χ1n) is 11.7. The Balaban J connectivity index is 1.87. The fourth-order valence-electron chi connectivity index (χ4n) is 3.86. The average Bonchev–Trinajstić information content (AvgIpc) is 3.30. The molecule has 190 valence electrons. The molecule has 1 aromatic heterocycles. The van der Waals surface area contributed by atoms with E-state index in [1.54, 1.807) is 33.0 Å². The first-order valence-corrected chi connectivity index (χ1v) is 11.7. The van der Waals surface area contributed by atoms with Gasteiger partial charge in [0, 0.05) is 23.0 Å². The number of rotatable bonds is 7.